The molecule has 1 atom stereocenters. The van der Waals surface area contributed by atoms with E-state index in [0.29, 0.717) is 19.0 Å². The van der Waals surface area contributed by atoms with Gasteiger partial charge in [0.2, 0.25) is 5.91 Å². The van der Waals surface area contributed by atoms with Crippen LogP contribution in [0.15, 0.2) is 30.3 Å². The molecule has 0 saturated carbocycles. The number of amides is 3. The first-order valence-electron chi connectivity index (χ1n) is 7.96. The number of nitrogens with one attached hydrogen (secondary N) is 2. The van der Waals surface area contributed by atoms with Crippen molar-refractivity contribution in [2.45, 2.75) is 26.2 Å². The second-order valence-electron chi connectivity index (χ2n) is 5.86. The fraction of sp³-hybridized carbons (Fsp3) is 0.529. The van der Waals surface area contributed by atoms with Gasteiger partial charge >= 0.3 is 6.03 Å². The molecule has 0 radical (unpaired) electrons. The molecule has 22 heavy (non-hydrogen) atoms. The van der Waals surface area contributed by atoms with E-state index in [1.54, 1.807) is 0 Å². The first-order valence-corrected chi connectivity index (χ1v) is 7.96. The summed E-state index contributed by atoms with van der Waals surface area (Å²) in [4.78, 5) is 24.7. The van der Waals surface area contributed by atoms with Crippen LogP contribution < -0.4 is 10.6 Å². The zero-order valence-electron chi connectivity index (χ0n) is 13.2. The summed E-state index contributed by atoms with van der Waals surface area (Å²) in [5.41, 5.74) is 1.34. The molecule has 1 saturated heterocycles. The molecule has 1 aliphatic heterocycles. The highest BCUT2D eigenvalue weighted by molar-refractivity contribution is 5.74. The molecule has 1 aliphatic rings. The van der Waals surface area contributed by atoms with Gasteiger partial charge in [-0.1, -0.05) is 30.3 Å². The third-order valence-corrected chi connectivity index (χ3v) is 3.94. The SMILES string of the molecule is CC(=O)NCCCNC(=O)N1CC[C@@H](Cc2ccccc2)C1. The van der Waals surface area contributed by atoms with Crippen LogP contribution in [0.2, 0.25) is 0 Å². The van der Waals surface area contributed by atoms with Crippen molar-refractivity contribution in [3.8, 4) is 0 Å². The molecule has 0 aromatic heterocycles. The first kappa shape index (κ1) is 16.3. The van der Waals surface area contributed by atoms with Crippen molar-refractivity contribution in [2.24, 2.45) is 5.92 Å². The van der Waals surface area contributed by atoms with E-state index in [-0.39, 0.29) is 11.9 Å². The van der Waals surface area contributed by atoms with Gasteiger partial charge in [-0.3, -0.25) is 4.79 Å². The zero-order valence-corrected chi connectivity index (χ0v) is 13.2. The smallest absolute Gasteiger partial charge is 0.317 e. The van der Waals surface area contributed by atoms with Gasteiger partial charge in [-0.05, 0) is 30.7 Å². The second kappa shape index (κ2) is 8.41. The van der Waals surface area contributed by atoms with E-state index in [1.807, 2.05) is 11.0 Å². The van der Waals surface area contributed by atoms with Crippen LogP contribution in [0.25, 0.3) is 0 Å². The standard InChI is InChI=1S/C17H25N3O2/c1-14(21)18-9-5-10-19-17(22)20-11-8-16(13-20)12-15-6-3-2-4-7-15/h2-4,6-7,16H,5,8-13H2,1H3,(H,18,21)(H,19,22)/t16-/m0/s1. The summed E-state index contributed by atoms with van der Waals surface area (Å²) in [7, 11) is 0. The highest BCUT2D eigenvalue weighted by Gasteiger charge is 2.25. The van der Waals surface area contributed by atoms with Gasteiger partial charge in [-0.2, -0.15) is 0 Å². The fourth-order valence-electron chi connectivity index (χ4n) is 2.79. The Bertz CT molecular complexity index is 490. The van der Waals surface area contributed by atoms with Crippen LogP contribution in [0.3, 0.4) is 0 Å². The summed E-state index contributed by atoms with van der Waals surface area (Å²) in [6.45, 7) is 4.35. The largest absolute Gasteiger partial charge is 0.356 e. The highest BCUT2D eigenvalue weighted by atomic mass is 16.2. The van der Waals surface area contributed by atoms with Gasteiger partial charge in [-0.25, -0.2) is 4.79 Å². The summed E-state index contributed by atoms with van der Waals surface area (Å²) < 4.78 is 0. The number of nitrogens with zero attached hydrogens (tertiary/aromatic N) is 1. The molecule has 2 rings (SSSR count). The van der Waals surface area contributed by atoms with Gasteiger partial charge in [0.05, 0.1) is 0 Å². The average Bonchev–Trinajstić information content (AvgIpc) is 2.96. The maximum atomic E-state index is 12.1. The summed E-state index contributed by atoms with van der Waals surface area (Å²) in [6.07, 6.45) is 2.86. The van der Waals surface area contributed by atoms with Crippen LogP contribution in [0.4, 0.5) is 4.79 Å². The van der Waals surface area contributed by atoms with E-state index in [0.717, 1.165) is 32.4 Å². The second-order valence-corrected chi connectivity index (χ2v) is 5.86. The Balaban J connectivity index is 1.64. The number of urea groups is 1. The van der Waals surface area contributed by atoms with Crippen LogP contribution in [0, 0.1) is 5.92 Å². The molecule has 0 unspecified atom stereocenters. The zero-order chi connectivity index (χ0) is 15.8. The molecule has 120 valence electrons. The maximum Gasteiger partial charge on any atom is 0.317 e. The Hall–Kier alpha value is -2.04. The Labute approximate surface area is 132 Å². The lowest BCUT2D eigenvalue weighted by atomic mass is 9.99. The van der Waals surface area contributed by atoms with Gasteiger partial charge in [0.15, 0.2) is 0 Å². The minimum Gasteiger partial charge on any atom is -0.356 e. The van der Waals surface area contributed by atoms with E-state index in [1.165, 1.54) is 12.5 Å². The van der Waals surface area contributed by atoms with E-state index in [2.05, 4.69) is 34.9 Å². The lowest BCUT2D eigenvalue weighted by molar-refractivity contribution is -0.118. The van der Waals surface area contributed by atoms with Crippen LogP contribution in [-0.2, 0) is 11.2 Å². The molecule has 5 heteroatoms. The monoisotopic (exact) mass is 303 g/mol. The molecule has 3 amide bonds. The van der Waals surface area contributed by atoms with Crippen LogP contribution in [-0.4, -0.2) is 43.0 Å². The third kappa shape index (κ3) is 5.39. The minimum atomic E-state index is -0.0328. The maximum absolute atomic E-state index is 12.1. The molecule has 1 aromatic carbocycles. The number of benzene rings is 1. The molecular weight excluding hydrogens is 278 g/mol. The fourth-order valence-corrected chi connectivity index (χ4v) is 2.79. The molecule has 1 fully saturated rings. The number of hydrogen-bond donors (Lipinski definition) is 2. The molecule has 0 bridgehead atoms. The summed E-state index contributed by atoms with van der Waals surface area (Å²) in [5, 5.41) is 5.64. The van der Waals surface area contributed by atoms with Crippen LogP contribution >= 0.6 is 0 Å². The summed E-state index contributed by atoms with van der Waals surface area (Å²) in [5.74, 6) is 0.516. The van der Waals surface area contributed by atoms with Gasteiger partial charge in [0, 0.05) is 33.1 Å². The molecular formula is C17H25N3O2. The quantitative estimate of drug-likeness (QED) is 0.787. The minimum absolute atomic E-state index is 0.0124. The van der Waals surface area contributed by atoms with Crippen molar-refractivity contribution >= 4 is 11.9 Å². The van der Waals surface area contributed by atoms with E-state index in [4.69, 9.17) is 0 Å². The number of likely N-dealkylation sites (tertiary alicyclic amines) is 1. The number of hydrogen-bond acceptors (Lipinski definition) is 2. The van der Waals surface area contributed by atoms with E-state index >= 15 is 0 Å². The Morgan fingerprint density at radius 2 is 1.91 bits per heavy atom. The lowest BCUT2D eigenvalue weighted by Crippen LogP contribution is -2.39. The molecule has 0 aliphatic carbocycles. The average molecular weight is 303 g/mol. The van der Waals surface area contributed by atoms with Crippen LogP contribution in [0.1, 0.15) is 25.3 Å². The molecule has 1 aromatic rings. The number of rotatable bonds is 6. The van der Waals surface area contributed by atoms with Crippen molar-refractivity contribution in [3.63, 3.8) is 0 Å². The van der Waals surface area contributed by atoms with Crippen molar-refractivity contribution in [3.05, 3.63) is 35.9 Å². The molecule has 0 spiro atoms. The van der Waals surface area contributed by atoms with E-state index < -0.39 is 0 Å². The third-order valence-electron chi connectivity index (χ3n) is 3.94. The Kier molecular flexibility index (Phi) is 6.25. The first-order chi connectivity index (χ1) is 10.6. The topological polar surface area (TPSA) is 61.4 Å². The summed E-state index contributed by atoms with van der Waals surface area (Å²) >= 11 is 0. The normalized spacial score (nSPS) is 17.3. The van der Waals surface area contributed by atoms with Gasteiger partial charge in [-0.15, -0.1) is 0 Å². The van der Waals surface area contributed by atoms with Crippen molar-refractivity contribution in [1.29, 1.82) is 0 Å². The van der Waals surface area contributed by atoms with Gasteiger partial charge in [0.25, 0.3) is 0 Å². The molecule has 5 nitrogen and oxygen atoms in total. The van der Waals surface area contributed by atoms with Gasteiger partial charge < -0.3 is 15.5 Å². The molecule has 1 heterocycles. The van der Waals surface area contributed by atoms with E-state index in [9.17, 15) is 9.59 Å². The summed E-state index contributed by atoms with van der Waals surface area (Å²) in [6, 6.07) is 10.4. The predicted molar refractivity (Wildman–Crippen MR) is 86.5 cm³/mol. The van der Waals surface area contributed by atoms with Crippen molar-refractivity contribution in [1.82, 2.24) is 15.5 Å². The van der Waals surface area contributed by atoms with Crippen molar-refractivity contribution < 1.29 is 9.59 Å². The number of carbonyl (C=O) groups excluding carboxylic acids is 2. The Morgan fingerprint density at radius 1 is 1.18 bits per heavy atom. The van der Waals surface area contributed by atoms with Crippen molar-refractivity contribution in [2.75, 3.05) is 26.2 Å². The molecule has 2 N–H and O–H groups in total. The van der Waals surface area contributed by atoms with Crippen LogP contribution in [0.5, 0.6) is 0 Å². The predicted octanol–water partition coefficient (Wildman–Crippen LogP) is 1.79. The Morgan fingerprint density at radius 3 is 2.64 bits per heavy atom. The highest BCUT2D eigenvalue weighted by Crippen LogP contribution is 2.20. The van der Waals surface area contributed by atoms with Gasteiger partial charge in [0.1, 0.15) is 0 Å². The lowest BCUT2D eigenvalue weighted by Gasteiger charge is -2.17. The number of carbonyl (C=O) groups is 2.